The van der Waals surface area contributed by atoms with E-state index in [0.717, 1.165) is 16.1 Å². The molecule has 0 saturated heterocycles. The molecule has 6 nitrogen and oxygen atoms in total. The zero-order chi connectivity index (χ0) is 14.7. The Morgan fingerprint density at radius 2 is 2.15 bits per heavy atom. The van der Waals surface area contributed by atoms with Gasteiger partial charge in [-0.3, -0.25) is 4.79 Å². The highest BCUT2D eigenvalue weighted by Crippen LogP contribution is 2.18. The lowest BCUT2D eigenvalue weighted by Gasteiger charge is -2.13. The van der Waals surface area contributed by atoms with Gasteiger partial charge in [0.2, 0.25) is 5.76 Å². The van der Waals surface area contributed by atoms with Crippen LogP contribution in [-0.4, -0.2) is 22.1 Å². The maximum Gasteiger partial charge on any atom is 0.374 e. The van der Waals surface area contributed by atoms with Gasteiger partial charge in [0.15, 0.2) is 5.69 Å². The summed E-state index contributed by atoms with van der Waals surface area (Å²) < 4.78 is 5.44. The average molecular weight is 339 g/mol. The molecule has 0 spiro atoms. The highest BCUT2D eigenvalue weighted by molar-refractivity contribution is 9.10. The zero-order valence-electron chi connectivity index (χ0n) is 10.5. The van der Waals surface area contributed by atoms with Crippen LogP contribution >= 0.6 is 15.9 Å². The third-order valence-electron chi connectivity index (χ3n) is 2.65. The number of benzene rings is 1. The van der Waals surface area contributed by atoms with Crippen LogP contribution in [0.1, 0.15) is 39.6 Å². The minimum atomic E-state index is -1.27. The molecule has 1 unspecified atom stereocenters. The molecule has 2 rings (SSSR count). The van der Waals surface area contributed by atoms with Crippen LogP contribution < -0.4 is 5.32 Å². The van der Waals surface area contributed by atoms with Gasteiger partial charge in [-0.2, -0.15) is 0 Å². The van der Waals surface area contributed by atoms with E-state index in [2.05, 4.69) is 30.9 Å². The molecule has 0 aliphatic carbocycles. The predicted octanol–water partition coefficient (Wildman–Crippen LogP) is 2.63. The van der Waals surface area contributed by atoms with Crippen LogP contribution in [0.15, 0.2) is 39.3 Å². The summed E-state index contributed by atoms with van der Waals surface area (Å²) in [5.41, 5.74) is 0.846. The first-order valence-electron chi connectivity index (χ1n) is 5.73. The second kappa shape index (κ2) is 5.87. The van der Waals surface area contributed by atoms with Crippen molar-refractivity contribution in [1.82, 2.24) is 10.5 Å². The topological polar surface area (TPSA) is 92.4 Å². The zero-order valence-corrected chi connectivity index (χ0v) is 12.0. The van der Waals surface area contributed by atoms with Crippen LogP contribution in [0.5, 0.6) is 0 Å². The molecule has 1 atom stereocenters. The number of carboxylic acid groups (broad SMARTS) is 1. The van der Waals surface area contributed by atoms with Gasteiger partial charge in [0.1, 0.15) is 0 Å². The quantitative estimate of drug-likeness (QED) is 0.893. The first kappa shape index (κ1) is 14.3. The third kappa shape index (κ3) is 3.24. The number of nitrogens with one attached hydrogen (secondary N) is 1. The van der Waals surface area contributed by atoms with Crippen LogP contribution in [0.25, 0.3) is 0 Å². The maximum atomic E-state index is 11.9. The van der Waals surface area contributed by atoms with E-state index in [9.17, 15) is 9.59 Å². The Bertz CT molecular complexity index is 653. The van der Waals surface area contributed by atoms with Crippen molar-refractivity contribution in [3.8, 4) is 0 Å². The van der Waals surface area contributed by atoms with Crippen molar-refractivity contribution in [3.05, 3.63) is 51.8 Å². The van der Waals surface area contributed by atoms with Crippen LogP contribution in [0.2, 0.25) is 0 Å². The Kier molecular flexibility index (Phi) is 4.19. The summed E-state index contributed by atoms with van der Waals surface area (Å²) in [6, 6.07) is 8.35. The fourth-order valence-electron chi connectivity index (χ4n) is 1.61. The predicted molar refractivity (Wildman–Crippen MR) is 73.5 cm³/mol. The first-order valence-corrected chi connectivity index (χ1v) is 6.53. The van der Waals surface area contributed by atoms with Crippen LogP contribution in [0.4, 0.5) is 0 Å². The van der Waals surface area contributed by atoms with Crippen LogP contribution in [0, 0.1) is 0 Å². The molecule has 0 aliphatic rings. The number of carbonyl (C=O) groups is 2. The number of nitrogens with zero attached hydrogens (tertiary/aromatic N) is 1. The number of carbonyl (C=O) groups excluding carboxylic acids is 1. The molecule has 0 saturated carbocycles. The van der Waals surface area contributed by atoms with Crippen LogP contribution in [0.3, 0.4) is 0 Å². The van der Waals surface area contributed by atoms with E-state index in [1.165, 1.54) is 0 Å². The van der Waals surface area contributed by atoms with Crippen molar-refractivity contribution in [2.75, 3.05) is 0 Å². The molecule has 0 radical (unpaired) electrons. The lowest BCUT2D eigenvalue weighted by atomic mass is 10.1. The minimum absolute atomic E-state index is 0.0655. The largest absolute Gasteiger partial charge is 0.475 e. The molecule has 2 N–H and O–H groups in total. The van der Waals surface area contributed by atoms with Crippen molar-refractivity contribution >= 4 is 27.8 Å². The molecule has 104 valence electrons. The fraction of sp³-hybridized carbons (Fsp3) is 0.154. The standard InChI is InChI=1S/C13H11BrN2O4/c1-7(8-3-2-4-9(14)5-8)15-12(17)10-6-11(13(18)19)20-16-10/h2-7H,1H3,(H,15,17)(H,18,19). The van der Waals surface area contributed by atoms with E-state index in [1.54, 1.807) is 0 Å². The third-order valence-corrected chi connectivity index (χ3v) is 3.14. The Morgan fingerprint density at radius 3 is 2.75 bits per heavy atom. The number of hydrogen-bond acceptors (Lipinski definition) is 4. The summed E-state index contributed by atoms with van der Waals surface area (Å²) in [5, 5.41) is 14.8. The summed E-state index contributed by atoms with van der Waals surface area (Å²) >= 11 is 3.36. The Hall–Kier alpha value is -2.15. The van der Waals surface area contributed by atoms with Gasteiger partial charge in [-0.1, -0.05) is 33.2 Å². The van der Waals surface area contributed by atoms with E-state index in [4.69, 9.17) is 5.11 Å². The molecule has 7 heteroatoms. The molecular weight excluding hydrogens is 328 g/mol. The molecule has 1 amide bonds. The van der Waals surface area contributed by atoms with Gasteiger partial charge in [0.05, 0.1) is 6.04 Å². The van der Waals surface area contributed by atoms with Gasteiger partial charge in [-0.05, 0) is 24.6 Å². The Labute approximate surface area is 122 Å². The normalized spacial score (nSPS) is 11.9. The number of aromatic nitrogens is 1. The first-order chi connectivity index (χ1) is 9.47. The van der Waals surface area contributed by atoms with Crippen molar-refractivity contribution in [1.29, 1.82) is 0 Å². The Morgan fingerprint density at radius 1 is 1.40 bits per heavy atom. The molecular formula is C13H11BrN2O4. The average Bonchev–Trinajstić information content (AvgIpc) is 2.88. The van der Waals surface area contributed by atoms with Crippen molar-refractivity contribution in [2.24, 2.45) is 0 Å². The lowest BCUT2D eigenvalue weighted by molar-refractivity contribution is 0.0651. The molecule has 1 heterocycles. The lowest BCUT2D eigenvalue weighted by Crippen LogP contribution is -2.26. The van der Waals surface area contributed by atoms with Crippen LogP contribution in [-0.2, 0) is 0 Å². The fourth-order valence-corrected chi connectivity index (χ4v) is 2.03. The van der Waals surface area contributed by atoms with E-state index in [0.29, 0.717) is 0 Å². The number of halogens is 1. The van der Waals surface area contributed by atoms with E-state index >= 15 is 0 Å². The molecule has 0 aliphatic heterocycles. The summed E-state index contributed by atoms with van der Waals surface area (Å²) in [5.74, 6) is -2.13. The number of amides is 1. The second-order valence-electron chi connectivity index (χ2n) is 4.13. The summed E-state index contributed by atoms with van der Waals surface area (Å²) in [4.78, 5) is 22.6. The van der Waals surface area contributed by atoms with Gasteiger partial charge in [-0.15, -0.1) is 0 Å². The van der Waals surface area contributed by atoms with Crippen molar-refractivity contribution < 1.29 is 19.2 Å². The van der Waals surface area contributed by atoms with Gasteiger partial charge >= 0.3 is 5.97 Å². The Balaban J connectivity index is 2.08. The van der Waals surface area contributed by atoms with Gasteiger partial charge in [0.25, 0.3) is 5.91 Å². The molecule has 0 bridgehead atoms. The smallest absolute Gasteiger partial charge is 0.374 e. The molecule has 1 aromatic heterocycles. The number of hydrogen-bond donors (Lipinski definition) is 2. The molecule has 0 fully saturated rings. The highest BCUT2D eigenvalue weighted by Gasteiger charge is 2.18. The molecule has 1 aromatic carbocycles. The minimum Gasteiger partial charge on any atom is -0.475 e. The second-order valence-corrected chi connectivity index (χ2v) is 5.05. The van der Waals surface area contributed by atoms with Crippen molar-refractivity contribution in [2.45, 2.75) is 13.0 Å². The number of rotatable bonds is 4. The highest BCUT2D eigenvalue weighted by atomic mass is 79.9. The number of aromatic carboxylic acids is 1. The van der Waals surface area contributed by atoms with Gasteiger partial charge < -0.3 is 14.9 Å². The van der Waals surface area contributed by atoms with Crippen molar-refractivity contribution in [3.63, 3.8) is 0 Å². The van der Waals surface area contributed by atoms with Gasteiger partial charge in [0, 0.05) is 10.5 Å². The monoisotopic (exact) mass is 338 g/mol. The van der Waals surface area contributed by atoms with Gasteiger partial charge in [-0.25, -0.2) is 4.79 Å². The van der Waals surface area contributed by atoms with E-state index in [-0.39, 0.29) is 17.5 Å². The summed E-state index contributed by atoms with van der Waals surface area (Å²) in [7, 11) is 0. The maximum absolute atomic E-state index is 11.9. The van der Waals surface area contributed by atoms with E-state index < -0.39 is 11.9 Å². The summed E-state index contributed by atoms with van der Waals surface area (Å²) in [6.07, 6.45) is 0. The van der Waals surface area contributed by atoms with E-state index in [1.807, 2.05) is 31.2 Å². The SMILES string of the molecule is CC(NC(=O)c1cc(C(=O)O)on1)c1cccc(Br)c1. The summed E-state index contributed by atoms with van der Waals surface area (Å²) in [6.45, 7) is 1.82. The number of carboxylic acids is 1. The molecule has 2 aromatic rings. The molecule has 20 heavy (non-hydrogen) atoms.